The molecule has 18 heavy (non-hydrogen) atoms. The van der Waals surface area contributed by atoms with Crippen molar-refractivity contribution in [3.63, 3.8) is 0 Å². The van der Waals surface area contributed by atoms with Gasteiger partial charge in [0.25, 0.3) is 0 Å². The molecule has 5 heteroatoms. The highest BCUT2D eigenvalue weighted by molar-refractivity contribution is 6.56. The number of allylic oxidation sites excluding steroid dienone is 6. The van der Waals surface area contributed by atoms with E-state index < -0.39 is 0 Å². The number of ketones is 1. The molecule has 0 saturated heterocycles. The van der Waals surface area contributed by atoms with Crippen LogP contribution in [0.1, 0.15) is 25.7 Å². The van der Waals surface area contributed by atoms with Crippen LogP contribution in [0.3, 0.4) is 0 Å². The molecule has 0 bridgehead atoms. The second kappa shape index (κ2) is 8.06. The number of Topliss-reactive ketones (excluding diaryl/α,β-unsaturated/α-hetero) is 1. The van der Waals surface area contributed by atoms with E-state index >= 15 is 0 Å². The molecule has 0 spiro atoms. The fourth-order valence-electron chi connectivity index (χ4n) is 1.71. The summed E-state index contributed by atoms with van der Waals surface area (Å²) in [6.07, 6.45) is 9.75. The van der Waals surface area contributed by atoms with Crippen LogP contribution in [0.5, 0.6) is 0 Å². The quantitative estimate of drug-likeness (QED) is 0.475. The van der Waals surface area contributed by atoms with Crippen molar-refractivity contribution in [2.45, 2.75) is 25.7 Å². The molecule has 1 aliphatic carbocycles. The SMILES string of the molecule is O=C1C(=CC=C(Cl)Cl)CCCCC1=CC=C(Cl)Cl. The van der Waals surface area contributed by atoms with Crippen LogP contribution >= 0.6 is 46.4 Å². The summed E-state index contributed by atoms with van der Waals surface area (Å²) in [5.74, 6) is 0.00386. The maximum atomic E-state index is 12.2. The Bertz CT molecular complexity index is 396. The molecule has 0 aliphatic heterocycles. The van der Waals surface area contributed by atoms with Crippen LogP contribution in [0.25, 0.3) is 0 Å². The summed E-state index contributed by atoms with van der Waals surface area (Å²) < 4.78 is 0.266. The third-order valence-corrected chi connectivity index (χ3v) is 3.05. The minimum atomic E-state index is 0.00386. The number of halogens is 4. The lowest BCUT2D eigenvalue weighted by molar-refractivity contribution is -0.112. The van der Waals surface area contributed by atoms with Gasteiger partial charge >= 0.3 is 0 Å². The highest BCUT2D eigenvalue weighted by Gasteiger charge is 2.17. The normalized spacial score (nSPS) is 20.8. The smallest absolute Gasteiger partial charge is 0.184 e. The van der Waals surface area contributed by atoms with Crippen molar-refractivity contribution >= 4 is 52.2 Å². The van der Waals surface area contributed by atoms with E-state index in [0.29, 0.717) is 11.1 Å². The van der Waals surface area contributed by atoms with Gasteiger partial charge < -0.3 is 0 Å². The van der Waals surface area contributed by atoms with E-state index in [1.165, 1.54) is 12.2 Å². The fourth-order valence-corrected chi connectivity index (χ4v) is 1.96. The molecule has 0 aromatic rings. The topological polar surface area (TPSA) is 17.1 Å². The minimum absolute atomic E-state index is 0.00386. The van der Waals surface area contributed by atoms with Gasteiger partial charge in [0.15, 0.2) is 5.78 Å². The summed E-state index contributed by atoms with van der Waals surface area (Å²) in [5.41, 5.74) is 1.41. The van der Waals surface area contributed by atoms with Crippen molar-refractivity contribution < 1.29 is 4.79 Å². The Hall–Kier alpha value is -0.210. The van der Waals surface area contributed by atoms with Crippen LogP contribution in [0, 0.1) is 0 Å². The van der Waals surface area contributed by atoms with Crippen LogP contribution in [-0.2, 0) is 4.79 Å². The number of carbonyl (C=O) groups excluding carboxylic acids is 1. The molecule has 1 aliphatic rings. The third kappa shape index (κ3) is 5.62. The van der Waals surface area contributed by atoms with Gasteiger partial charge in [0.05, 0.1) is 0 Å². The molecule has 1 rings (SSSR count). The predicted molar refractivity (Wildman–Crippen MR) is 79.2 cm³/mol. The van der Waals surface area contributed by atoms with Gasteiger partial charge in [-0.25, -0.2) is 0 Å². The van der Waals surface area contributed by atoms with Crippen LogP contribution in [0.15, 0.2) is 44.4 Å². The van der Waals surface area contributed by atoms with E-state index in [9.17, 15) is 4.79 Å². The van der Waals surface area contributed by atoms with Crippen molar-refractivity contribution in [3.05, 3.63) is 44.4 Å². The van der Waals surface area contributed by atoms with Crippen LogP contribution in [0.2, 0.25) is 0 Å². The molecule has 0 atom stereocenters. The van der Waals surface area contributed by atoms with Gasteiger partial charge in [-0.3, -0.25) is 4.79 Å². The van der Waals surface area contributed by atoms with Crippen LogP contribution < -0.4 is 0 Å². The van der Waals surface area contributed by atoms with Gasteiger partial charge in [-0.1, -0.05) is 58.6 Å². The summed E-state index contributed by atoms with van der Waals surface area (Å²) >= 11 is 22.1. The first-order chi connectivity index (χ1) is 8.50. The first-order valence-corrected chi connectivity index (χ1v) is 7.00. The Labute approximate surface area is 127 Å². The molecule has 0 heterocycles. The van der Waals surface area contributed by atoms with Crippen molar-refractivity contribution in [2.75, 3.05) is 0 Å². The van der Waals surface area contributed by atoms with Gasteiger partial charge in [0, 0.05) is 0 Å². The minimum Gasteiger partial charge on any atom is -0.289 e. The average molecular weight is 326 g/mol. The van der Waals surface area contributed by atoms with Crippen molar-refractivity contribution in [1.29, 1.82) is 0 Å². The summed E-state index contributed by atoms with van der Waals surface area (Å²) in [5, 5.41) is 0. The first kappa shape index (κ1) is 15.8. The molecule has 1 saturated carbocycles. The zero-order valence-electron chi connectivity index (χ0n) is 9.56. The maximum absolute atomic E-state index is 12.2. The monoisotopic (exact) mass is 324 g/mol. The fraction of sp³-hybridized carbons (Fsp3) is 0.308. The molecule has 0 amide bonds. The maximum Gasteiger partial charge on any atom is 0.184 e. The average Bonchev–Trinajstić information content (AvgIpc) is 2.46. The van der Waals surface area contributed by atoms with Gasteiger partial charge in [0.1, 0.15) is 8.98 Å². The molecule has 1 fully saturated rings. The summed E-state index contributed by atoms with van der Waals surface area (Å²) in [7, 11) is 0. The summed E-state index contributed by atoms with van der Waals surface area (Å²) in [6.45, 7) is 0. The summed E-state index contributed by atoms with van der Waals surface area (Å²) in [6, 6.07) is 0. The predicted octanol–water partition coefficient (Wildman–Crippen LogP) is 5.62. The van der Waals surface area contributed by atoms with Crippen molar-refractivity contribution in [3.8, 4) is 0 Å². The molecule has 0 N–H and O–H groups in total. The van der Waals surface area contributed by atoms with Gasteiger partial charge in [-0.05, 0) is 49.0 Å². The number of hydrogen-bond donors (Lipinski definition) is 0. The molecular weight excluding hydrogens is 314 g/mol. The van der Waals surface area contributed by atoms with Gasteiger partial charge in [-0.2, -0.15) is 0 Å². The van der Waals surface area contributed by atoms with E-state index in [2.05, 4.69) is 0 Å². The zero-order chi connectivity index (χ0) is 13.5. The Morgan fingerprint density at radius 1 is 0.833 bits per heavy atom. The molecule has 1 nitrogen and oxygen atoms in total. The molecule has 0 unspecified atom stereocenters. The van der Waals surface area contributed by atoms with Crippen LogP contribution in [-0.4, -0.2) is 5.78 Å². The molecule has 0 aromatic carbocycles. The lowest BCUT2D eigenvalue weighted by Gasteiger charge is -2.02. The Morgan fingerprint density at radius 3 is 1.56 bits per heavy atom. The molecule has 0 aromatic heterocycles. The van der Waals surface area contributed by atoms with E-state index in [4.69, 9.17) is 46.4 Å². The molecular formula is C13H12Cl4O. The Morgan fingerprint density at radius 2 is 1.22 bits per heavy atom. The van der Waals surface area contributed by atoms with E-state index in [-0.39, 0.29) is 14.8 Å². The number of hydrogen-bond acceptors (Lipinski definition) is 1. The van der Waals surface area contributed by atoms with E-state index in [0.717, 1.165) is 25.7 Å². The van der Waals surface area contributed by atoms with Gasteiger partial charge in [0.2, 0.25) is 0 Å². The number of carbonyl (C=O) groups is 1. The lowest BCUT2D eigenvalue weighted by atomic mass is 10.0. The standard InChI is InChI=1S/C13H12Cl4O/c14-11(15)7-5-9-3-1-2-4-10(13(9)18)6-8-12(16)17/h5-8H,1-4H2. The molecule has 98 valence electrons. The Kier molecular flexibility index (Phi) is 7.10. The van der Waals surface area contributed by atoms with E-state index in [1.807, 2.05) is 0 Å². The molecule has 0 radical (unpaired) electrons. The first-order valence-electron chi connectivity index (χ1n) is 5.49. The van der Waals surface area contributed by atoms with Crippen molar-refractivity contribution in [2.24, 2.45) is 0 Å². The Balaban J connectivity index is 2.99. The zero-order valence-corrected chi connectivity index (χ0v) is 12.6. The third-order valence-electron chi connectivity index (χ3n) is 2.55. The van der Waals surface area contributed by atoms with Crippen LogP contribution in [0.4, 0.5) is 0 Å². The second-order valence-corrected chi connectivity index (χ2v) is 5.85. The second-order valence-electron chi connectivity index (χ2n) is 3.83. The number of rotatable bonds is 2. The highest BCUT2D eigenvalue weighted by Crippen LogP contribution is 2.25. The highest BCUT2D eigenvalue weighted by atomic mass is 35.5. The van der Waals surface area contributed by atoms with Crippen molar-refractivity contribution in [1.82, 2.24) is 0 Å². The summed E-state index contributed by atoms with van der Waals surface area (Å²) in [4.78, 5) is 12.2. The van der Waals surface area contributed by atoms with Gasteiger partial charge in [-0.15, -0.1) is 0 Å². The largest absolute Gasteiger partial charge is 0.289 e. The lowest BCUT2D eigenvalue weighted by Crippen LogP contribution is -2.03. The van der Waals surface area contributed by atoms with E-state index in [1.54, 1.807) is 12.2 Å².